The maximum Gasteiger partial charge on any atom is 0.330 e. The highest BCUT2D eigenvalue weighted by atomic mass is 16.4. The molecule has 9 nitrogen and oxygen atoms in total. The van der Waals surface area contributed by atoms with Crippen LogP contribution in [0.2, 0.25) is 0 Å². The molecule has 3 aromatic rings. The van der Waals surface area contributed by atoms with Gasteiger partial charge >= 0.3 is 11.7 Å². The summed E-state index contributed by atoms with van der Waals surface area (Å²) in [5, 5.41) is 8.64. The number of aromatic nitrogens is 4. The van der Waals surface area contributed by atoms with E-state index >= 15 is 0 Å². The van der Waals surface area contributed by atoms with E-state index in [1.807, 2.05) is 38.1 Å². The highest BCUT2D eigenvalue weighted by molar-refractivity contribution is 5.87. The second-order valence-corrected chi connectivity index (χ2v) is 7.74. The van der Waals surface area contributed by atoms with Gasteiger partial charge in [0.1, 0.15) is 0 Å². The van der Waals surface area contributed by atoms with Crippen LogP contribution in [0.4, 0.5) is 5.69 Å². The smallest absolute Gasteiger partial charge is 0.330 e. The zero-order chi connectivity index (χ0) is 21.8. The number of hydrogen-bond acceptors (Lipinski definition) is 6. The molecule has 0 aliphatic heterocycles. The molecule has 0 saturated heterocycles. The van der Waals surface area contributed by atoms with Crippen molar-refractivity contribution in [1.29, 1.82) is 0 Å². The SMILES string of the molecule is Cc1cc2nc3c(=O)n(CCCCCCCC(=O)O)c(=O)[nH]c3nc2cc1N(C)C. The second kappa shape index (κ2) is 9.06. The quantitative estimate of drug-likeness (QED) is 0.408. The zero-order valence-electron chi connectivity index (χ0n) is 17.6. The van der Waals surface area contributed by atoms with Crippen LogP contribution in [0.25, 0.3) is 22.2 Å². The minimum absolute atomic E-state index is 0.153. The number of fused-ring (bicyclic) bond motifs is 2. The van der Waals surface area contributed by atoms with Crippen LogP contribution in [-0.4, -0.2) is 44.7 Å². The maximum absolute atomic E-state index is 12.9. The van der Waals surface area contributed by atoms with Crippen molar-refractivity contribution in [2.24, 2.45) is 0 Å². The molecule has 0 fully saturated rings. The Hall–Kier alpha value is -3.23. The van der Waals surface area contributed by atoms with Gasteiger partial charge in [-0.2, -0.15) is 0 Å². The van der Waals surface area contributed by atoms with Crippen molar-refractivity contribution in [2.45, 2.75) is 52.0 Å². The minimum Gasteiger partial charge on any atom is -0.481 e. The van der Waals surface area contributed by atoms with Crippen LogP contribution in [-0.2, 0) is 11.3 Å². The first-order valence-corrected chi connectivity index (χ1v) is 10.1. The van der Waals surface area contributed by atoms with Gasteiger partial charge in [0.05, 0.1) is 11.0 Å². The van der Waals surface area contributed by atoms with E-state index in [0.29, 0.717) is 30.4 Å². The van der Waals surface area contributed by atoms with Crippen LogP contribution in [0.1, 0.15) is 44.1 Å². The number of aliphatic carboxylic acids is 1. The number of anilines is 1. The van der Waals surface area contributed by atoms with E-state index in [9.17, 15) is 14.4 Å². The average Bonchev–Trinajstić information content (AvgIpc) is 2.67. The Balaban J connectivity index is 1.82. The summed E-state index contributed by atoms with van der Waals surface area (Å²) in [5.74, 6) is -0.786. The average molecular weight is 413 g/mol. The molecule has 0 amide bonds. The number of unbranched alkanes of at least 4 members (excludes halogenated alkanes) is 4. The van der Waals surface area contributed by atoms with Gasteiger partial charge in [0.2, 0.25) is 0 Å². The molecule has 2 N–H and O–H groups in total. The van der Waals surface area contributed by atoms with E-state index in [1.165, 1.54) is 4.57 Å². The molecule has 0 unspecified atom stereocenters. The van der Waals surface area contributed by atoms with Gasteiger partial charge in [-0.15, -0.1) is 0 Å². The number of rotatable bonds is 9. The summed E-state index contributed by atoms with van der Waals surface area (Å²) in [4.78, 5) is 49.4. The summed E-state index contributed by atoms with van der Waals surface area (Å²) in [6.07, 6.45) is 3.98. The molecule has 0 radical (unpaired) electrons. The lowest BCUT2D eigenvalue weighted by atomic mass is 10.1. The van der Waals surface area contributed by atoms with Crippen molar-refractivity contribution in [3.05, 3.63) is 38.5 Å². The van der Waals surface area contributed by atoms with Crippen molar-refractivity contribution < 1.29 is 9.90 Å². The first-order chi connectivity index (χ1) is 14.3. The number of aryl methyl sites for hydroxylation is 1. The number of nitrogens with one attached hydrogen (secondary N) is 1. The summed E-state index contributed by atoms with van der Waals surface area (Å²) in [7, 11) is 3.88. The number of H-pyrrole nitrogens is 1. The largest absolute Gasteiger partial charge is 0.481 e. The third kappa shape index (κ3) is 4.67. The molecule has 2 aromatic heterocycles. The second-order valence-electron chi connectivity index (χ2n) is 7.74. The normalized spacial score (nSPS) is 11.3. The molecular weight excluding hydrogens is 386 g/mol. The molecule has 1 aromatic carbocycles. The molecule has 2 heterocycles. The van der Waals surface area contributed by atoms with E-state index in [0.717, 1.165) is 30.5 Å². The minimum atomic E-state index is -0.786. The van der Waals surface area contributed by atoms with Gasteiger partial charge in [0.25, 0.3) is 5.56 Å². The Morgan fingerprint density at radius 3 is 2.43 bits per heavy atom. The summed E-state index contributed by atoms with van der Waals surface area (Å²) in [6.45, 7) is 2.27. The van der Waals surface area contributed by atoms with Gasteiger partial charge < -0.3 is 10.0 Å². The first-order valence-electron chi connectivity index (χ1n) is 10.1. The Morgan fingerprint density at radius 1 is 1.07 bits per heavy atom. The fraction of sp³-hybridized carbons (Fsp3) is 0.476. The van der Waals surface area contributed by atoms with Crippen molar-refractivity contribution in [3.8, 4) is 0 Å². The van der Waals surface area contributed by atoms with Crippen molar-refractivity contribution >= 4 is 33.9 Å². The number of carbonyl (C=O) groups is 1. The third-order valence-electron chi connectivity index (χ3n) is 5.15. The van der Waals surface area contributed by atoms with E-state index in [-0.39, 0.29) is 17.6 Å². The zero-order valence-corrected chi connectivity index (χ0v) is 17.6. The molecule has 0 spiro atoms. The topological polar surface area (TPSA) is 121 Å². The van der Waals surface area contributed by atoms with E-state index in [2.05, 4.69) is 15.0 Å². The van der Waals surface area contributed by atoms with Crippen LogP contribution in [0, 0.1) is 6.92 Å². The third-order valence-corrected chi connectivity index (χ3v) is 5.15. The molecule has 9 heteroatoms. The standard InChI is InChI=1S/C21H27N5O4/c1-13-11-14-15(12-16(13)25(2)3)23-19-18(22-14)20(29)26(21(30)24-19)10-8-6-4-5-7-9-17(27)28/h11-12H,4-10H2,1-3H3,(H,27,28)(H,23,24,30). The highest BCUT2D eigenvalue weighted by Crippen LogP contribution is 2.23. The Kier molecular flexibility index (Phi) is 6.49. The Bertz CT molecular complexity index is 1200. The molecule has 3 rings (SSSR count). The molecule has 30 heavy (non-hydrogen) atoms. The summed E-state index contributed by atoms with van der Waals surface area (Å²) in [5.41, 5.74) is 2.65. The number of carboxylic acid groups (broad SMARTS) is 1. The van der Waals surface area contributed by atoms with Gasteiger partial charge in [-0.1, -0.05) is 19.3 Å². The number of aromatic amines is 1. The monoisotopic (exact) mass is 413 g/mol. The van der Waals surface area contributed by atoms with Gasteiger partial charge in [0, 0.05) is 32.7 Å². The number of carboxylic acids is 1. The van der Waals surface area contributed by atoms with Gasteiger partial charge in [-0.25, -0.2) is 14.8 Å². The van der Waals surface area contributed by atoms with Crippen LogP contribution >= 0.6 is 0 Å². The van der Waals surface area contributed by atoms with Crippen molar-refractivity contribution in [2.75, 3.05) is 19.0 Å². The van der Waals surface area contributed by atoms with Crippen LogP contribution in [0.3, 0.4) is 0 Å². The molecule has 0 saturated carbocycles. The highest BCUT2D eigenvalue weighted by Gasteiger charge is 2.13. The van der Waals surface area contributed by atoms with Gasteiger partial charge in [-0.05, 0) is 37.5 Å². The maximum atomic E-state index is 12.9. The Labute approximate surface area is 173 Å². The molecule has 0 bridgehead atoms. The fourth-order valence-corrected chi connectivity index (χ4v) is 3.58. The summed E-state index contributed by atoms with van der Waals surface area (Å²) < 4.78 is 1.17. The fourth-order valence-electron chi connectivity index (χ4n) is 3.58. The lowest BCUT2D eigenvalue weighted by Crippen LogP contribution is -2.35. The van der Waals surface area contributed by atoms with E-state index in [1.54, 1.807) is 0 Å². The number of hydrogen-bond donors (Lipinski definition) is 2. The van der Waals surface area contributed by atoms with Gasteiger partial charge in [0.15, 0.2) is 11.2 Å². The van der Waals surface area contributed by atoms with Crippen molar-refractivity contribution in [3.63, 3.8) is 0 Å². The lowest BCUT2D eigenvalue weighted by Gasteiger charge is -2.16. The lowest BCUT2D eigenvalue weighted by molar-refractivity contribution is -0.137. The Morgan fingerprint density at radius 2 is 1.73 bits per heavy atom. The number of benzene rings is 1. The molecule has 0 aliphatic carbocycles. The predicted molar refractivity (Wildman–Crippen MR) is 116 cm³/mol. The van der Waals surface area contributed by atoms with E-state index in [4.69, 9.17) is 5.11 Å². The molecular formula is C21H27N5O4. The molecule has 0 atom stereocenters. The van der Waals surface area contributed by atoms with Crippen LogP contribution in [0.15, 0.2) is 21.7 Å². The summed E-state index contributed by atoms with van der Waals surface area (Å²) >= 11 is 0. The van der Waals surface area contributed by atoms with Crippen LogP contribution < -0.4 is 16.1 Å². The van der Waals surface area contributed by atoms with E-state index < -0.39 is 17.2 Å². The molecule has 160 valence electrons. The molecule has 0 aliphatic rings. The van der Waals surface area contributed by atoms with Crippen molar-refractivity contribution in [1.82, 2.24) is 19.5 Å². The van der Waals surface area contributed by atoms with Gasteiger partial charge in [-0.3, -0.25) is 19.1 Å². The summed E-state index contributed by atoms with van der Waals surface area (Å²) in [6, 6.07) is 3.79. The first kappa shape index (κ1) is 21.5. The predicted octanol–water partition coefficient (Wildman–Crippen LogP) is 2.43. The number of nitrogens with zero attached hydrogens (tertiary/aromatic N) is 4. The van der Waals surface area contributed by atoms with Crippen LogP contribution in [0.5, 0.6) is 0 Å².